The van der Waals surface area contributed by atoms with Crippen molar-refractivity contribution in [1.82, 2.24) is 0 Å². The normalized spacial score (nSPS) is 36.9. The fraction of sp³-hybridized carbons (Fsp3) is 0.667. The molecule has 0 aromatic carbocycles. The molecule has 2 nitrogen and oxygen atoms in total. The molecule has 0 amide bonds. The first kappa shape index (κ1) is 13.8. The van der Waals surface area contributed by atoms with Gasteiger partial charge < -0.3 is 5.11 Å². The Morgan fingerprint density at radius 3 is 2.56 bits per heavy atom. The van der Waals surface area contributed by atoms with Gasteiger partial charge in [-0.2, -0.15) is 0 Å². The number of hydrogen-bond acceptors (Lipinski definition) is 2. The van der Waals surface area contributed by atoms with Crippen LogP contribution in [0.4, 0.5) is 0 Å². The first-order valence-electron chi connectivity index (χ1n) is 6.83. The molecule has 0 aromatic heterocycles. The second-order valence-corrected chi connectivity index (χ2v) is 12.2. The summed E-state index contributed by atoms with van der Waals surface area (Å²) in [6.07, 6.45) is 6.78. The summed E-state index contributed by atoms with van der Waals surface area (Å²) in [6, 6.07) is 0. The summed E-state index contributed by atoms with van der Waals surface area (Å²) in [5.74, 6) is 0.223. The maximum atomic E-state index is 11.5. The molecule has 1 N–H and O–H groups in total. The van der Waals surface area contributed by atoms with Crippen LogP contribution < -0.4 is 0 Å². The summed E-state index contributed by atoms with van der Waals surface area (Å²) >= 11 is 0. The van der Waals surface area contributed by atoms with Crippen LogP contribution in [0.25, 0.3) is 0 Å². The van der Waals surface area contributed by atoms with E-state index in [0.717, 1.165) is 24.8 Å². The first-order valence-corrected chi connectivity index (χ1v) is 10.4. The van der Waals surface area contributed by atoms with Crippen LogP contribution >= 0.6 is 0 Å². The minimum absolute atomic E-state index is 0.223. The molecule has 0 aromatic rings. The zero-order valence-electron chi connectivity index (χ0n) is 11.9. The van der Waals surface area contributed by atoms with E-state index in [1.807, 2.05) is 6.08 Å². The van der Waals surface area contributed by atoms with Crippen molar-refractivity contribution >= 4 is 13.9 Å². The predicted octanol–water partition coefficient (Wildman–Crippen LogP) is 3.24. The largest absolute Gasteiger partial charge is 0.385 e. The van der Waals surface area contributed by atoms with Gasteiger partial charge in [0.25, 0.3) is 0 Å². The van der Waals surface area contributed by atoms with Crippen molar-refractivity contribution in [3.8, 4) is 0 Å². The molecule has 100 valence electrons. The summed E-state index contributed by atoms with van der Waals surface area (Å²) in [4.78, 5) is 11.5. The van der Waals surface area contributed by atoms with Crippen molar-refractivity contribution in [1.29, 1.82) is 0 Å². The lowest BCUT2D eigenvalue weighted by molar-refractivity contribution is -0.116. The average molecular weight is 264 g/mol. The van der Waals surface area contributed by atoms with E-state index in [1.54, 1.807) is 6.08 Å². The predicted molar refractivity (Wildman–Crippen MR) is 77.1 cm³/mol. The number of fused-ring (bicyclic) bond motifs is 1. The Morgan fingerprint density at radius 2 is 1.94 bits per heavy atom. The first-order chi connectivity index (χ1) is 8.16. The average Bonchev–Trinajstić information content (AvgIpc) is 2.50. The van der Waals surface area contributed by atoms with Crippen LogP contribution in [0.1, 0.15) is 32.6 Å². The third-order valence-electron chi connectivity index (χ3n) is 4.51. The molecular weight excluding hydrogens is 240 g/mol. The van der Waals surface area contributed by atoms with E-state index in [0.29, 0.717) is 6.42 Å². The Morgan fingerprint density at radius 1 is 1.28 bits per heavy atom. The molecule has 2 rings (SSSR count). The van der Waals surface area contributed by atoms with Crippen molar-refractivity contribution in [2.45, 2.75) is 57.8 Å². The van der Waals surface area contributed by atoms with Crippen LogP contribution in [-0.4, -0.2) is 24.6 Å². The van der Waals surface area contributed by atoms with E-state index >= 15 is 0 Å². The van der Waals surface area contributed by atoms with E-state index in [1.165, 1.54) is 0 Å². The molecule has 18 heavy (non-hydrogen) atoms. The molecule has 0 heterocycles. The quantitative estimate of drug-likeness (QED) is 0.777. The fourth-order valence-electron chi connectivity index (χ4n) is 3.06. The van der Waals surface area contributed by atoms with Crippen LogP contribution in [0, 0.1) is 5.41 Å². The van der Waals surface area contributed by atoms with Gasteiger partial charge in [0.05, 0.1) is 13.7 Å². The van der Waals surface area contributed by atoms with E-state index in [9.17, 15) is 9.90 Å². The minimum atomic E-state index is -1.30. The summed E-state index contributed by atoms with van der Waals surface area (Å²) in [5.41, 5.74) is 2.41. The van der Waals surface area contributed by atoms with Gasteiger partial charge in [-0.05, 0) is 25.3 Å². The molecule has 1 saturated carbocycles. The summed E-state index contributed by atoms with van der Waals surface area (Å²) < 4.78 is 0. The zero-order chi connectivity index (χ0) is 13.6. The molecule has 0 aliphatic heterocycles. The fourth-order valence-corrected chi connectivity index (χ4v) is 3.83. The standard InChI is InChI=1S/C15H24O2Si/c1-14-7-6-13(16)11-12(14)5-8-15(14,17)9-10-18(2,3)4/h9-11,17H,5-8H2,1-4H3/t14-,15+/m0/s1. The Kier molecular flexibility index (Phi) is 3.19. The molecule has 0 saturated heterocycles. The lowest BCUT2D eigenvalue weighted by Gasteiger charge is -2.40. The minimum Gasteiger partial charge on any atom is -0.385 e. The lowest BCUT2D eigenvalue weighted by atomic mass is 9.68. The molecule has 1 fully saturated rings. The third kappa shape index (κ3) is 2.26. The maximum absolute atomic E-state index is 11.5. The van der Waals surface area contributed by atoms with Gasteiger partial charge in [0, 0.05) is 11.8 Å². The van der Waals surface area contributed by atoms with Crippen molar-refractivity contribution in [2.75, 3.05) is 0 Å². The number of allylic oxidation sites excluding steroid dienone is 1. The number of hydrogen-bond donors (Lipinski definition) is 1. The van der Waals surface area contributed by atoms with E-state index in [-0.39, 0.29) is 11.2 Å². The van der Waals surface area contributed by atoms with Crippen LogP contribution in [0.5, 0.6) is 0 Å². The lowest BCUT2D eigenvalue weighted by Crippen LogP contribution is -2.43. The Hall–Kier alpha value is -0.673. The van der Waals surface area contributed by atoms with Crippen molar-refractivity contribution in [2.24, 2.45) is 5.41 Å². The van der Waals surface area contributed by atoms with Crippen molar-refractivity contribution in [3.05, 3.63) is 23.4 Å². The number of carbonyl (C=O) groups is 1. The number of ketones is 1. The van der Waals surface area contributed by atoms with Crippen molar-refractivity contribution in [3.63, 3.8) is 0 Å². The third-order valence-corrected chi connectivity index (χ3v) is 5.67. The van der Waals surface area contributed by atoms with Crippen molar-refractivity contribution < 1.29 is 9.90 Å². The molecule has 0 bridgehead atoms. The highest BCUT2D eigenvalue weighted by molar-refractivity contribution is 6.80. The van der Waals surface area contributed by atoms with Crippen LogP contribution in [-0.2, 0) is 4.79 Å². The van der Waals surface area contributed by atoms with Gasteiger partial charge >= 0.3 is 0 Å². The van der Waals surface area contributed by atoms with Gasteiger partial charge in [-0.25, -0.2) is 0 Å². The van der Waals surface area contributed by atoms with Gasteiger partial charge in [0.15, 0.2) is 5.78 Å². The number of carbonyl (C=O) groups excluding carboxylic acids is 1. The van der Waals surface area contributed by atoms with Gasteiger partial charge in [-0.1, -0.05) is 43.9 Å². The molecule has 0 spiro atoms. The number of rotatable bonds is 2. The van der Waals surface area contributed by atoms with E-state index in [2.05, 4.69) is 32.3 Å². The molecule has 0 radical (unpaired) electrons. The molecule has 0 unspecified atom stereocenters. The second kappa shape index (κ2) is 4.17. The van der Waals surface area contributed by atoms with Gasteiger partial charge in [0.1, 0.15) is 0 Å². The topological polar surface area (TPSA) is 37.3 Å². The van der Waals surface area contributed by atoms with Crippen LogP contribution in [0.2, 0.25) is 19.6 Å². The monoisotopic (exact) mass is 264 g/mol. The Balaban J connectivity index is 2.34. The highest BCUT2D eigenvalue weighted by Gasteiger charge is 2.53. The molecule has 2 aliphatic carbocycles. The summed E-state index contributed by atoms with van der Waals surface area (Å²) in [7, 11) is -1.30. The second-order valence-electron chi connectivity index (χ2n) is 7.09. The van der Waals surface area contributed by atoms with Gasteiger partial charge in [-0.15, -0.1) is 0 Å². The van der Waals surface area contributed by atoms with E-state index in [4.69, 9.17) is 0 Å². The molecule has 2 atom stereocenters. The zero-order valence-corrected chi connectivity index (χ0v) is 12.9. The SMILES string of the molecule is C[C@]12CCC(=O)C=C1CC[C@@]2(O)C=C[Si](C)(C)C. The number of aliphatic hydroxyl groups is 1. The molecule has 3 heteroatoms. The Labute approximate surface area is 111 Å². The van der Waals surface area contributed by atoms with E-state index < -0.39 is 13.7 Å². The highest BCUT2D eigenvalue weighted by atomic mass is 28.3. The van der Waals surface area contributed by atoms with Crippen LogP contribution in [0.3, 0.4) is 0 Å². The Bertz CT molecular complexity index is 430. The smallest absolute Gasteiger partial charge is 0.155 e. The summed E-state index contributed by atoms with van der Waals surface area (Å²) in [5, 5.41) is 11.0. The molecular formula is C15H24O2Si. The van der Waals surface area contributed by atoms with Crippen LogP contribution in [0.15, 0.2) is 23.4 Å². The maximum Gasteiger partial charge on any atom is 0.155 e. The highest BCUT2D eigenvalue weighted by Crippen LogP contribution is 2.55. The molecule has 2 aliphatic rings. The van der Waals surface area contributed by atoms with Gasteiger partial charge in [-0.3, -0.25) is 4.79 Å². The summed E-state index contributed by atoms with van der Waals surface area (Å²) in [6.45, 7) is 8.93. The van der Waals surface area contributed by atoms with Gasteiger partial charge in [0.2, 0.25) is 0 Å².